The fourth-order valence-electron chi connectivity index (χ4n) is 1.33. The van der Waals surface area contributed by atoms with Gasteiger partial charge < -0.3 is 0 Å². The molecule has 0 saturated heterocycles. The summed E-state index contributed by atoms with van der Waals surface area (Å²) in [6.45, 7) is 3.90. The average molecular weight is 185 g/mol. The van der Waals surface area contributed by atoms with E-state index >= 15 is 0 Å². The highest BCUT2D eigenvalue weighted by atomic mass is 14.9. The third kappa shape index (κ3) is 1.62. The molecule has 2 rings (SSSR count). The molecule has 0 radical (unpaired) electrons. The van der Waals surface area contributed by atoms with Gasteiger partial charge in [0.15, 0.2) is 0 Å². The highest BCUT2D eigenvalue weighted by Gasteiger charge is 2.03. The van der Waals surface area contributed by atoms with Crippen LogP contribution in [0.25, 0.3) is 11.3 Å². The van der Waals surface area contributed by atoms with Crippen molar-refractivity contribution in [2.75, 3.05) is 0 Å². The van der Waals surface area contributed by atoms with Crippen molar-refractivity contribution in [2.45, 2.75) is 13.8 Å². The first-order chi connectivity index (χ1) is 6.77. The summed E-state index contributed by atoms with van der Waals surface area (Å²) in [5.74, 6) is 0.794. The normalized spacial score (nSPS) is 10.1. The largest absolute Gasteiger partial charge is 0.265 e. The fraction of sp³-hybridized carbons (Fsp3) is 0.182. The topological polar surface area (TPSA) is 38.7 Å². The monoisotopic (exact) mass is 185 g/mol. The summed E-state index contributed by atoms with van der Waals surface area (Å²) in [6, 6.07) is 3.91. The van der Waals surface area contributed by atoms with Crippen LogP contribution in [0.1, 0.15) is 11.4 Å². The lowest BCUT2D eigenvalue weighted by Gasteiger charge is -2.04. The van der Waals surface area contributed by atoms with Gasteiger partial charge in [0, 0.05) is 24.2 Å². The van der Waals surface area contributed by atoms with Crippen molar-refractivity contribution in [2.24, 2.45) is 0 Å². The predicted octanol–water partition coefficient (Wildman–Crippen LogP) is 2.16. The molecule has 0 atom stereocenters. The fourth-order valence-corrected chi connectivity index (χ4v) is 1.33. The Morgan fingerprint density at radius 3 is 2.50 bits per heavy atom. The molecule has 0 aromatic carbocycles. The molecular formula is C11H11N3. The number of aryl methyl sites for hydroxylation is 2. The molecule has 3 heteroatoms. The van der Waals surface area contributed by atoms with E-state index in [2.05, 4.69) is 15.0 Å². The van der Waals surface area contributed by atoms with Crippen molar-refractivity contribution in [3.8, 4) is 11.3 Å². The zero-order chi connectivity index (χ0) is 9.97. The van der Waals surface area contributed by atoms with E-state index in [1.165, 1.54) is 0 Å². The van der Waals surface area contributed by atoms with E-state index in [0.717, 1.165) is 22.6 Å². The molecule has 2 heterocycles. The van der Waals surface area contributed by atoms with Crippen molar-refractivity contribution in [3.05, 3.63) is 42.1 Å². The molecule has 0 fully saturated rings. The Kier molecular flexibility index (Phi) is 2.23. The maximum absolute atomic E-state index is 4.40. The lowest BCUT2D eigenvalue weighted by molar-refractivity contribution is 1.04. The Labute approximate surface area is 82.9 Å². The molecule has 0 aliphatic heterocycles. The molecule has 3 nitrogen and oxygen atoms in total. The highest BCUT2D eigenvalue weighted by molar-refractivity contribution is 5.61. The van der Waals surface area contributed by atoms with Crippen LogP contribution in [0.2, 0.25) is 0 Å². The Morgan fingerprint density at radius 1 is 1.07 bits per heavy atom. The van der Waals surface area contributed by atoms with Crippen LogP contribution in [0.3, 0.4) is 0 Å². The van der Waals surface area contributed by atoms with E-state index in [1.807, 2.05) is 32.2 Å². The summed E-state index contributed by atoms with van der Waals surface area (Å²) < 4.78 is 0. The maximum atomic E-state index is 4.40. The molecule has 0 spiro atoms. The first-order valence-electron chi connectivity index (χ1n) is 4.48. The minimum absolute atomic E-state index is 0.794. The summed E-state index contributed by atoms with van der Waals surface area (Å²) in [5.41, 5.74) is 3.16. The van der Waals surface area contributed by atoms with Gasteiger partial charge in [0.2, 0.25) is 0 Å². The van der Waals surface area contributed by atoms with E-state index in [-0.39, 0.29) is 0 Å². The second-order valence-corrected chi connectivity index (χ2v) is 3.18. The van der Waals surface area contributed by atoms with Crippen molar-refractivity contribution in [3.63, 3.8) is 0 Å². The summed E-state index contributed by atoms with van der Waals surface area (Å²) in [7, 11) is 0. The van der Waals surface area contributed by atoms with E-state index in [0.29, 0.717) is 0 Å². The molecule has 0 unspecified atom stereocenters. The SMILES string of the molecule is Cc1ncc(C)c(-c2ccncc2)n1. The predicted molar refractivity (Wildman–Crippen MR) is 54.7 cm³/mol. The molecule has 0 N–H and O–H groups in total. The lowest BCUT2D eigenvalue weighted by Crippen LogP contribution is -1.94. The molecule has 70 valence electrons. The molecule has 2 aromatic rings. The first kappa shape index (κ1) is 8.81. The Hall–Kier alpha value is -1.77. The van der Waals surface area contributed by atoms with Gasteiger partial charge in [-0.05, 0) is 31.5 Å². The van der Waals surface area contributed by atoms with Crippen LogP contribution in [0.4, 0.5) is 0 Å². The molecule has 0 bridgehead atoms. The second-order valence-electron chi connectivity index (χ2n) is 3.18. The molecule has 0 amide bonds. The smallest absolute Gasteiger partial charge is 0.125 e. The highest BCUT2D eigenvalue weighted by Crippen LogP contribution is 2.18. The molecule has 14 heavy (non-hydrogen) atoms. The van der Waals surface area contributed by atoms with Gasteiger partial charge in [-0.25, -0.2) is 9.97 Å². The van der Waals surface area contributed by atoms with Crippen LogP contribution in [0.5, 0.6) is 0 Å². The van der Waals surface area contributed by atoms with Gasteiger partial charge in [-0.3, -0.25) is 4.98 Å². The number of nitrogens with zero attached hydrogens (tertiary/aromatic N) is 3. The van der Waals surface area contributed by atoms with Crippen molar-refractivity contribution < 1.29 is 0 Å². The van der Waals surface area contributed by atoms with E-state index in [4.69, 9.17) is 0 Å². The maximum Gasteiger partial charge on any atom is 0.125 e. The number of hydrogen-bond acceptors (Lipinski definition) is 3. The second kappa shape index (κ2) is 3.54. The molecule has 0 aliphatic rings. The third-order valence-corrected chi connectivity index (χ3v) is 2.05. The number of rotatable bonds is 1. The van der Waals surface area contributed by atoms with E-state index in [9.17, 15) is 0 Å². The Balaban J connectivity index is 2.57. The van der Waals surface area contributed by atoms with Crippen LogP contribution in [0.15, 0.2) is 30.7 Å². The standard InChI is InChI=1S/C11H11N3/c1-8-7-13-9(2)14-11(8)10-3-5-12-6-4-10/h3-7H,1-2H3. The van der Waals surface area contributed by atoms with Gasteiger partial charge >= 0.3 is 0 Å². The average Bonchev–Trinajstić information content (AvgIpc) is 2.23. The zero-order valence-electron chi connectivity index (χ0n) is 8.23. The summed E-state index contributed by atoms with van der Waals surface area (Å²) in [6.07, 6.45) is 5.39. The quantitative estimate of drug-likeness (QED) is 0.683. The van der Waals surface area contributed by atoms with E-state index < -0.39 is 0 Å². The van der Waals surface area contributed by atoms with Crippen LogP contribution in [-0.4, -0.2) is 15.0 Å². The van der Waals surface area contributed by atoms with Gasteiger partial charge in [0.25, 0.3) is 0 Å². The lowest BCUT2D eigenvalue weighted by atomic mass is 10.1. The van der Waals surface area contributed by atoms with Crippen molar-refractivity contribution >= 4 is 0 Å². The molecule has 0 saturated carbocycles. The Bertz CT molecular complexity index is 438. The van der Waals surface area contributed by atoms with Gasteiger partial charge in [0.05, 0.1) is 5.69 Å². The van der Waals surface area contributed by atoms with Crippen LogP contribution >= 0.6 is 0 Å². The number of aromatic nitrogens is 3. The van der Waals surface area contributed by atoms with Crippen molar-refractivity contribution in [1.82, 2.24) is 15.0 Å². The van der Waals surface area contributed by atoms with Gasteiger partial charge in [-0.1, -0.05) is 0 Å². The van der Waals surface area contributed by atoms with Gasteiger partial charge in [-0.15, -0.1) is 0 Å². The minimum Gasteiger partial charge on any atom is -0.265 e. The number of hydrogen-bond donors (Lipinski definition) is 0. The molecular weight excluding hydrogens is 174 g/mol. The third-order valence-electron chi connectivity index (χ3n) is 2.05. The van der Waals surface area contributed by atoms with Gasteiger partial charge in [-0.2, -0.15) is 0 Å². The van der Waals surface area contributed by atoms with E-state index in [1.54, 1.807) is 12.4 Å². The van der Waals surface area contributed by atoms with Crippen molar-refractivity contribution in [1.29, 1.82) is 0 Å². The van der Waals surface area contributed by atoms with Crippen LogP contribution in [-0.2, 0) is 0 Å². The summed E-state index contributed by atoms with van der Waals surface area (Å²) in [5, 5.41) is 0. The Morgan fingerprint density at radius 2 is 1.79 bits per heavy atom. The van der Waals surface area contributed by atoms with Crippen LogP contribution < -0.4 is 0 Å². The zero-order valence-corrected chi connectivity index (χ0v) is 8.23. The van der Waals surface area contributed by atoms with Crippen LogP contribution in [0, 0.1) is 13.8 Å². The molecule has 0 aliphatic carbocycles. The van der Waals surface area contributed by atoms with Gasteiger partial charge in [0.1, 0.15) is 5.82 Å². The summed E-state index contributed by atoms with van der Waals surface area (Å²) in [4.78, 5) is 12.5. The first-order valence-corrected chi connectivity index (χ1v) is 4.48. The summed E-state index contributed by atoms with van der Waals surface area (Å²) >= 11 is 0. The molecule has 2 aromatic heterocycles. The number of pyridine rings is 1. The minimum atomic E-state index is 0.794.